The molecule has 0 bridgehead atoms. The molecule has 0 aliphatic carbocycles. The van der Waals surface area contributed by atoms with E-state index < -0.39 is 17.3 Å². The quantitative estimate of drug-likeness (QED) is 0.458. The molecule has 1 atom stereocenters. The van der Waals surface area contributed by atoms with Gasteiger partial charge in [0.15, 0.2) is 0 Å². The van der Waals surface area contributed by atoms with Crippen molar-refractivity contribution >= 4 is 19.7 Å². The number of aliphatic carboxylic acids is 1. The summed E-state index contributed by atoms with van der Waals surface area (Å²) < 4.78 is 0. The predicted octanol–water partition coefficient (Wildman–Crippen LogP) is 0.218. The van der Waals surface area contributed by atoms with Crippen molar-refractivity contribution < 1.29 is 68.5 Å². The Morgan fingerprint density at radius 3 is 2.58 bits per heavy atom. The number of carboxylic acid groups (broad SMARTS) is 1. The fraction of sp³-hybridized carbons (Fsp3) is 0.333. The molecule has 0 saturated carbocycles. The number of hydrogen-bond acceptors (Lipinski definition) is 2. The number of nitrogens with one attached hydrogen (secondary N) is 1. The zero-order chi connectivity index (χ0) is 13.1. The van der Waals surface area contributed by atoms with Gasteiger partial charge in [0.25, 0.3) is 0 Å². The molecule has 1 amide bonds. The molecule has 1 aromatic rings. The Morgan fingerprint density at radius 1 is 1.53 bits per heavy atom. The summed E-state index contributed by atoms with van der Waals surface area (Å²) in [6.45, 7) is 3.05. The first-order valence-corrected chi connectivity index (χ1v) is 5.03. The summed E-state index contributed by atoms with van der Waals surface area (Å²) in [5.74, 6) is -1.74. The number of carbonyl (C=O) groups excluding carboxylic acids is 1. The summed E-state index contributed by atoms with van der Waals surface area (Å²) in [4.78, 5) is 22.3. The molecule has 0 saturated heterocycles. The Balaban J connectivity index is 0. The molecule has 1 unspecified atom stereocenters. The normalized spacial score (nSPS) is 12.3. The van der Waals surface area contributed by atoms with Crippen LogP contribution in [0.3, 0.4) is 0 Å². The zero-order valence-corrected chi connectivity index (χ0v) is 16.5. The number of hydrogen-bond donors (Lipinski definition) is 2. The van der Waals surface area contributed by atoms with Gasteiger partial charge in [0.2, 0.25) is 5.91 Å². The van der Waals surface area contributed by atoms with Crippen molar-refractivity contribution in [3.05, 3.63) is 35.4 Å². The van der Waals surface area contributed by atoms with Crippen LogP contribution in [-0.2, 0) is 69.8 Å². The second kappa shape index (κ2) is 9.05. The predicted molar refractivity (Wildman–Crippen MR) is 62.5 cm³/mol. The average Bonchev–Trinajstić information content (AvgIpc) is 2.20. The minimum atomic E-state index is -1.76. The molecule has 97 valence electrons. The molecule has 1 aromatic carbocycles. The number of carbonyl (C=O) groups is 2. The van der Waals surface area contributed by atoms with Crippen molar-refractivity contribution in [2.24, 2.45) is 0 Å². The number of carboxylic acids is 1. The van der Waals surface area contributed by atoms with E-state index in [0.29, 0.717) is 5.56 Å². The van der Waals surface area contributed by atoms with Crippen molar-refractivity contribution in [3.8, 4) is 0 Å². The van der Waals surface area contributed by atoms with Gasteiger partial charge < -0.3 is 28.6 Å². The summed E-state index contributed by atoms with van der Waals surface area (Å²) in [6, 6.07) is 9.02. The van der Waals surface area contributed by atoms with Crippen molar-refractivity contribution in [1.29, 1.82) is 0 Å². The summed E-state index contributed by atoms with van der Waals surface area (Å²) in [7, 11) is 5.40. The molecule has 0 heterocycles. The van der Waals surface area contributed by atoms with E-state index in [1.54, 1.807) is 12.1 Å². The van der Waals surface area contributed by atoms with Gasteiger partial charge in [0, 0.05) is 60.2 Å². The molecule has 0 spiro atoms. The molecule has 3 radical (unpaired) electrons. The third kappa shape index (κ3) is 6.83. The van der Waals surface area contributed by atoms with E-state index in [-0.39, 0.29) is 60.2 Å². The van der Waals surface area contributed by atoms with Crippen molar-refractivity contribution in [2.45, 2.75) is 25.7 Å². The van der Waals surface area contributed by atoms with Crippen LogP contribution >= 0.6 is 0 Å². The first-order valence-electron chi connectivity index (χ1n) is 5.03. The van der Waals surface area contributed by atoms with Gasteiger partial charge in [-0.1, -0.05) is 0 Å². The topological polar surface area (TPSA) is 66.4 Å². The van der Waals surface area contributed by atoms with Crippen LogP contribution in [0, 0.1) is 19.1 Å². The maximum Gasteiger partial charge on any atom is 0.319 e. The Morgan fingerprint density at radius 2 is 2.11 bits per heavy atom. The Kier molecular flexibility index (Phi) is 10.1. The zero-order valence-electron chi connectivity index (χ0n) is 10.7. The van der Waals surface area contributed by atoms with Gasteiger partial charge in [-0.15, -0.1) is 6.92 Å². The molecule has 0 fully saturated rings. The Bertz CT molecular complexity index is 454. The summed E-state index contributed by atoms with van der Waals surface area (Å²) in [6.07, 6.45) is 0.0422. The van der Waals surface area contributed by atoms with Crippen LogP contribution in [0.4, 0.5) is 0 Å². The fourth-order valence-electron chi connectivity index (χ4n) is 1.23. The number of rotatable bonds is 4. The Hall–Kier alpha value is 0.0171. The van der Waals surface area contributed by atoms with E-state index in [1.807, 2.05) is 6.92 Å². The summed E-state index contributed by atoms with van der Waals surface area (Å²) in [5, 5.41) is 11.0. The van der Waals surface area contributed by atoms with Crippen LogP contribution in [0.25, 0.3) is 0 Å². The molecular weight excluding hydrogens is 490 g/mol. The van der Waals surface area contributed by atoms with Gasteiger partial charge in [-0.3, -0.25) is 26.8 Å². The molecule has 4 nitrogen and oxygen atoms in total. The van der Waals surface area contributed by atoms with Crippen LogP contribution in [0.15, 0.2) is 12.1 Å². The first-order chi connectivity index (χ1) is 7.83. The fourth-order valence-corrected chi connectivity index (χ4v) is 1.23. The van der Waals surface area contributed by atoms with Gasteiger partial charge >= 0.3 is 5.97 Å². The van der Waals surface area contributed by atoms with Gasteiger partial charge in [0.05, 0.1) is 5.44 Å². The van der Waals surface area contributed by atoms with E-state index in [0.717, 1.165) is 5.56 Å². The molecule has 19 heavy (non-hydrogen) atoms. The monoisotopic (exact) mass is 502 g/mol. The van der Waals surface area contributed by atoms with Crippen molar-refractivity contribution in [3.63, 3.8) is 0 Å². The second-order valence-corrected chi connectivity index (χ2v) is 3.99. The average molecular weight is 502 g/mol. The maximum atomic E-state index is 11.6. The van der Waals surface area contributed by atoms with Crippen LogP contribution < -0.4 is 5.32 Å². The smallest absolute Gasteiger partial charge is 0.319 e. The molecular formula is C12H12BNO3WY-2. The number of amides is 1. The molecule has 0 aliphatic rings. The minimum absolute atomic E-state index is 0. The van der Waals surface area contributed by atoms with Crippen molar-refractivity contribution in [2.75, 3.05) is 0 Å². The van der Waals surface area contributed by atoms with E-state index >= 15 is 0 Å². The number of aryl methyl sites for hydroxylation is 1. The third-order valence-electron chi connectivity index (χ3n) is 2.29. The molecule has 1 rings (SSSR count). The van der Waals surface area contributed by atoms with Crippen LogP contribution in [-0.4, -0.2) is 30.3 Å². The molecule has 0 aliphatic heterocycles. The van der Waals surface area contributed by atoms with Gasteiger partial charge in [-0.2, -0.15) is 0 Å². The van der Waals surface area contributed by atoms with Gasteiger partial charge in [0.1, 0.15) is 7.85 Å². The van der Waals surface area contributed by atoms with Gasteiger partial charge in [-0.05, 0) is 6.92 Å². The summed E-state index contributed by atoms with van der Waals surface area (Å²) in [5.41, 5.74) is -0.189. The van der Waals surface area contributed by atoms with E-state index in [4.69, 9.17) is 13.0 Å². The third-order valence-corrected chi connectivity index (χ3v) is 2.29. The first kappa shape index (κ1) is 21.3. The summed E-state index contributed by atoms with van der Waals surface area (Å²) >= 11 is 0. The van der Waals surface area contributed by atoms with E-state index in [1.165, 1.54) is 6.92 Å². The largest absolute Gasteiger partial charge is 0.480 e. The number of benzene rings is 1. The minimum Gasteiger partial charge on any atom is -0.480 e. The van der Waals surface area contributed by atoms with Crippen LogP contribution in [0.1, 0.15) is 18.1 Å². The van der Waals surface area contributed by atoms with Crippen LogP contribution in [0.5, 0.6) is 0 Å². The maximum absolute atomic E-state index is 11.6. The standard InChI is InChI=1S/C12H12BNO3.W.Y/c1-8-5-3-4-6-9(8)7-10(15)14-12(2,13)11(16)17;;/h4-5H,7H2,1-2H3,(H,14,15)(H,16,17);;/q-2;;. The Labute approximate surface area is 153 Å². The van der Waals surface area contributed by atoms with Crippen LogP contribution in [0.2, 0.25) is 0 Å². The van der Waals surface area contributed by atoms with Gasteiger partial charge in [-0.25, -0.2) is 0 Å². The van der Waals surface area contributed by atoms with E-state index in [2.05, 4.69) is 17.4 Å². The molecule has 0 aromatic heterocycles. The second-order valence-electron chi connectivity index (χ2n) is 3.99. The van der Waals surface area contributed by atoms with Crippen molar-refractivity contribution in [1.82, 2.24) is 5.32 Å². The molecule has 7 heteroatoms. The molecule has 2 N–H and O–H groups in total. The van der Waals surface area contributed by atoms with E-state index in [9.17, 15) is 9.59 Å². The SMILES string of the molecule is [B]C(C)(NC(=O)Cc1[c-]c[c-]cc1C)C(=O)O.[W].[Y].